The molecule has 12 heteroatoms. The third-order valence-electron chi connectivity index (χ3n) is 3.60. The van der Waals surface area contributed by atoms with Crippen molar-refractivity contribution in [1.29, 1.82) is 0 Å². The van der Waals surface area contributed by atoms with E-state index in [9.17, 15) is 9.59 Å². The Hall–Kier alpha value is -0.760. The van der Waals surface area contributed by atoms with E-state index >= 15 is 0 Å². The van der Waals surface area contributed by atoms with Gasteiger partial charge in [0.05, 0.1) is 32.8 Å². The molecule has 0 heterocycles. The zero-order valence-electron chi connectivity index (χ0n) is 16.9. The Kier molecular flexibility index (Phi) is 11.9. The zero-order chi connectivity index (χ0) is 23.7. The maximum atomic E-state index is 12.0. The van der Waals surface area contributed by atoms with Gasteiger partial charge in [0, 0.05) is 18.3 Å². The quantitative estimate of drug-likeness (QED) is 0.177. The predicted octanol–water partition coefficient (Wildman–Crippen LogP) is 4.50. The number of carbonyl (C=O) groups is 2. The molecule has 2 aromatic carbocycles. The van der Waals surface area contributed by atoms with Gasteiger partial charge >= 0.3 is 11.8 Å². The normalized spacial score (nSPS) is 11.1. The summed E-state index contributed by atoms with van der Waals surface area (Å²) in [7, 11) is 0. The van der Waals surface area contributed by atoms with Crippen molar-refractivity contribution in [2.24, 2.45) is 10.2 Å². The fraction of sp³-hybridized carbons (Fsp3) is 0.200. The van der Waals surface area contributed by atoms with Gasteiger partial charge in [0.2, 0.25) is 0 Å². The number of hydrazone groups is 2. The molecule has 0 saturated heterocycles. The first-order chi connectivity index (χ1) is 15.3. The minimum absolute atomic E-state index is 0.495. The molecule has 2 N–H and O–H groups in total. The highest BCUT2D eigenvalue weighted by Gasteiger charge is 2.13. The number of amides is 2. The number of rotatable bonds is 8. The number of nitrogens with one attached hydrogen (secondary N) is 2. The van der Waals surface area contributed by atoms with Crippen LogP contribution in [0.3, 0.4) is 0 Å². The van der Waals surface area contributed by atoms with Gasteiger partial charge in [-0.05, 0) is 128 Å². The summed E-state index contributed by atoms with van der Waals surface area (Å²) in [6, 6.07) is 7.68. The number of benzene rings is 2. The van der Waals surface area contributed by atoms with E-state index in [1.165, 1.54) is 12.4 Å². The smallest absolute Gasteiger partial charge is 0.331 e. The molecular weight excluding hydrogens is 868 g/mol. The molecule has 8 nitrogen and oxygen atoms in total. The minimum atomic E-state index is -0.945. The summed E-state index contributed by atoms with van der Waals surface area (Å²) in [5, 5.41) is 7.74. The SMILES string of the molecule is CCOc1c(I)cc(I)cc1/C=N\NC(=O)C(=O)N/N=C\c1cc(I)cc(I)c1OCC. The molecule has 0 unspecified atom stereocenters. The molecule has 0 atom stereocenters. The highest BCUT2D eigenvalue weighted by atomic mass is 127. The van der Waals surface area contributed by atoms with E-state index in [1.54, 1.807) is 0 Å². The lowest BCUT2D eigenvalue weighted by atomic mass is 10.2. The van der Waals surface area contributed by atoms with Gasteiger partial charge in [0.25, 0.3) is 0 Å². The van der Waals surface area contributed by atoms with Crippen molar-refractivity contribution >= 4 is 115 Å². The molecule has 0 bridgehead atoms. The number of halogens is 4. The van der Waals surface area contributed by atoms with Crippen molar-refractivity contribution in [1.82, 2.24) is 10.9 Å². The van der Waals surface area contributed by atoms with Gasteiger partial charge in [-0.2, -0.15) is 10.2 Å². The molecular formula is C20H18I4N4O4. The van der Waals surface area contributed by atoms with Crippen molar-refractivity contribution in [3.63, 3.8) is 0 Å². The maximum Gasteiger partial charge on any atom is 0.331 e. The monoisotopic (exact) mass is 886 g/mol. The summed E-state index contributed by atoms with van der Waals surface area (Å²) in [5.74, 6) is -0.562. The number of ether oxygens (including phenoxy) is 2. The second-order valence-corrected chi connectivity index (χ2v) is 10.7. The maximum absolute atomic E-state index is 12.0. The summed E-state index contributed by atoms with van der Waals surface area (Å²) >= 11 is 8.71. The van der Waals surface area contributed by atoms with E-state index < -0.39 is 11.8 Å². The highest BCUT2D eigenvalue weighted by molar-refractivity contribution is 14.1. The van der Waals surface area contributed by atoms with Crippen LogP contribution in [0.25, 0.3) is 0 Å². The van der Waals surface area contributed by atoms with E-state index in [4.69, 9.17) is 9.47 Å². The third kappa shape index (κ3) is 8.23. The average Bonchev–Trinajstić information content (AvgIpc) is 2.72. The molecule has 0 saturated carbocycles. The van der Waals surface area contributed by atoms with Crippen LogP contribution in [0.5, 0.6) is 11.5 Å². The van der Waals surface area contributed by atoms with Gasteiger partial charge in [-0.1, -0.05) is 0 Å². The van der Waals surface area contributed by atoms with Crippen molar-refractivity contribution in [3.05, 3.63) is 49.7 Å². The Morgan fingerprint density at radius 2 is 1.16 bits per heavy atom. The van der Waals surface area contributed by atoms with Crippen molar-refractivity contribution in [3.8, 4) is 11.5 Å². The van der Waals surface area contributed by atoms with Gasteiger partial charge < -0.3 is 9.47 Å². The first kappa shape index (κ1) is 27.5. The van der Waals surface area contributed by atoms with Crippen LogP contribution in [0.2, 0.25) is 0 Å². The molecule has 170 valence electrons. The second-order valence-electron chi connectivity index (χ2n) is 5.88. The summed E-state index contributed by atoms with van der Waals surface area (Å²) in [6.45, 7) is 4.76. The Balaban J connectivity index is 2.03. The van der Waals surface area contributed by atoms with E-state index in [2.05, 4.69) is 111 Å². The van der Waals surface area contributed by atoms with Crippen LogP contribution in [0.4, 0.5) is 0 Å². The van der Waals surface area contributed by atoms with Crippen molar-refractivity contribution in [2.75, 3.05) is 13.2 Å². The number of nitrogens with zero attached hydrogens (tertiary/aromatic N) is 2. The summed E-state index contributed by atoms with van der Waals surface area (Å²) in [4.78, 5) is 24.1. The van der Waals surface area contributed by atoms with Crippen LogP contribution in [0.1, 0.15) is 25.0 Å². The number of carbonyl (C=O) groups excluding carboxylic acids is 2. The van der Waals surface area contributed by atoms with Crippen molar-refractivity contribution < 1.29 is 19.1 Å². The summed E-state index contributed by atoms with van der Waals surface area (Å²) < 4.78 is 15.1. The van der Waals surface area contributed by atoms with E-state index in [0.717, 1.165) is 14.3 Å². The van der Waals surface area contributed by atoms with Crippen LogP contribution in [0.15, 0.2) is 34.5 Å². The first-order valence-corrected chi connectivity index (χ1v) is 13.5. The molecule has 0 aromatic heterocycles. The van der Waals surface area contributed by atoms with Crippen molar-refractivity contribution in [2.45, 2.75) is 13.8 Å². The second kappa shape index (κ2) is 13.8. The van der Waals surface area contributed by atoms with Crippen LogP contribution in [-0.2, 0) is 9.59 Å². The molecule has 2 amide bonds. The van der Waals surface area contributed by atoms with Gasteiger partial charge in [-0.15, -0.1) is 0 Å². The third-order valence-corrected chi connectivity index (χ3v) is 6.45. The molecule has 2 aromatic rings. The van der Waals surface area contributed by atoms with Crippen LogP contribution in [0, 0.1) is 14.3 Å². The van der Waals surface area contributed by atoms with Gasteiger partial charge in [0.15, 0.2) is 0 Å². The molecule has 0 spiro atoms. The first-order valence-electron chi connectivity index (χ1n) is 9.16. The number of hydrogen-bond donors (Lipinski definition) is 2. The fourth-order valence-corrected chi connectivity index (χ4v) is 6.46. The topological polar surface area (TPSA) is 101 Å². The molecule has 2 rings (SSSR count). The van der Waals surface area contributed by atoms with Gasteiger partial charge in [-0.25, -0.2) is 10.9 Å². The Labute approximate surface area is 240 Å². The lowest BCUT2D eigenvalue weighted by molar-refractivity contribution is -0.139. The van der Waals surface area contributed by atoms with E-state index in [0.29, 0.717) is 35.8 Å². The Morgan fingerprint density at radius 1 is 0.781 bits per heavy atom. The number of hydrogen-bond acceptors (Lipinski definition) is 6. The van der Waals surface area contributed by atoms with Gasteiger partial charge in [-0.3, -0.25) is 9.59 Å². The molecule has 0 aliphatic carbocycles. The van der Waals surface area contributed by atoms with E-state index in [-0.39, 0.29) is 0 Å². The van der Waals surface area contributed by atoms with Gasteiger partial charge in [0.1, 0.15) is 11.5 Å². The summed E-state index contributed by atoms with van der Waals surface area (Å²) in [6.07, 6.45) is 2.87. The molecule has 0 radical (unpaired) electrons. The van der Waals surface area contributed by atoms with E-state index in [1.807, 2.05) is 38.1 Å². The summed E-state index contributed by atoms with van der Waals surface area (Å²) in [5.41, 5.74) is 5.78. The van der Waals surface area contributed by atoms with Crippen LogP contribution < -0.4 is 20.3 Å². The average molecular weight is 886 g/mol. The molecule has 32 heavy (non-hydrogen) atoms. The predicted molar refractivity (Wildman–Crippen MR) is 158 cm³/mol. The fourth-order valence-electron chi connectivity index (χ4n) is 2.37. The Bertz CT molecular complexity index is 977. The standard InChI is InChI=1S/C20H18I4N4O4/c1-3-31-17-11(5-13(21)7-15(17)23)9-25-27-19(29)20(30)28-26-10-12-6-14(22)8-16(24)18(12)32-4-2/h5-10H,3-4H2,1-2H3,(H,27,29)(H,28,30)/b25-9-,26-10-. The minimum Gasteiger partial charge on any atom is -0.492 e. The van der Waals surface area contributed by atoms with Crippen LogP contribution in [-0.4, -0.2) is 37.5 Å². The zero-order valence-corrected chi connectivity index (χ0v) is 25.5. The van der Waals surface area contributed by atoms with Crippen LogP contribution >= 0.6 is 90.4 Å². The largest absolute Gasteiger partial charge is 0.492 e. The lowest BCUT2D eigenvalue weighted by Gasteiger charge is -2.10. The highest BCUT2D eigenvalue weighted by Crippen LogP contribution is 2.28. The molecule has 0 aliphatic rings. The molecule has 0 fully saturated rings. The Morgan fingerprint density at radius 3 is 1.50 bits per heavy atom. The molecule has 0 aliphatic heterocycles. The lowest BCUT2D eigenvalue weighted by Crippen LogP contribution is -2.35.